The van der Waals surface area contributed by atoms with Crippen LogP contribution in [0.4, 0.5) is 5.69 Å². The minimum absolute atomic E-state index is 0.178. The molecule has 1 aliphatic heterocycles. The first-order valence-electron chi connectivity index (χ1n) is 10.8. The van der Waals surface area contributed by atoms with E-state index >= 15 is 0 Å². The van der Waals surface area contributed by atoms with E-state index in [2.05, 4.69) is 40.4 Å². The largest absolute Gasteiger partial charge is 0.490 e. The van der Waals surface area contributed by atoms with Crippen LogP contribution in [0, 0.1) is 0 Å². The number of anilines is 1. The van der Waals surface area contributed by atoms with Crippen molar-refractivity contribution in [1.82, 2.24) is 9.80 Å². The van der Waals surface area contributed by atoms with E-state index < -0.39 is 0 Å². The summed E-state index contributed by atoms with van der Waals surface area (Å²) in [6, 6.07) is 21.8. The van der Waals surface area contributed by atoms with Gasteiger partial charge < -0.3 is 15.0 Å². The number of carbonyl (C=O) groups excluding carboxylic acids is 1. The van der Waals surface area contributed by atoms with Crippen LogP contribution in [0.3, 0.4) is 0 Å². The number of fused-ring (bicyclic) bond motifs is 1. The molecule has 5 nitrogen and oxygen atoms in total. The summed E-state index contributed by atoms with van der Waals surface area (Å²) >= 11 is 0. The SMILES string of the molecule is CN1CCN(CCOc2ccccc2NC(=O)/C=C/c2cccc3ccccc23)CC1. The summed E-state index contributed by atoms with van der Waals surface area (Å²) < 4.78 is 5.99. The molecule has 1 amide bonds. The van der Waals surface area contributed by atoms with Crippen LogP contribution in [0.25, 0.3) is 16.8 Å². The maximum absolute atomic E-state index is 12.6. The van der Waals surface area contributed by atoms with Crippen LogP contribution in [0.5, 0.6) is 5.75 Å². The van der Waals surface area contributed by atoms with E-state index in [4.69, 9.17) is 4.74 Å². The zero-order valence-corrected chi connectivity index (χ0v) is 18.0. The Bertz CT molecular complexity index is 1050. The third kappa shape index (κ3) is 5.72. The molecule has 5 heteroatoms. The molecule has 1 N–H and O–H groups in total. The van der Waals surface area contributed by atoms with Gasteiger partial charge in [0.2, 0.25) is 5.91 Å². The second-order valence-corrected chi connectivity index (χ2v) is 7.88. The number of para-hydroxylation sites is 2. The van der Waals surface area contributed by atoms with Crippen LogP contribution >= 0.6 is 0 Å². The number of amides is 1. The third-order valence-electron chi connectivity index (χ3n) is 5.64. The average Bonchev–Trinajstić information content (AvgIpc) is 2.80. The maximum atomic E-state index is 12.6. The van der Waals surface area contributed by atoms with Crippen molar-refractivity contribution in [2.75, 3.05) is 51.7 Å². The van der Waals surface area contributed by atoms with Crippen molar-refractivity contribution < 1.29 is 9.53 Å². The fourth-order valence-electron chi connectivity index (χ4n) is 3.79. The molecule has 0 saturated carbocycles. The molecule has 1 fully saturated rings. The van der Waals surface area contributed by atoms with Gasteiger partial charge in [-0.15, -0.1) is 0 Å². The zero-order chi connectivity index (χ0) is 21.5. The van der Waals surface area contributed by atoms with Gasteiger partial charge in [-0.3, -0.25) is 9.69 Å². The first-order valence-corrected chi connectivity index (χ1v) is 10.8. The summed E-state index contributed by atoms with van der Waals surface area (Å²) in [6.45, 7) is 5.80. The van der Waals surface area contributed by atoms with Crippen molar-refractivity contribution in [1.29, 1.82) is 0 Å². The molecule has 0 atom stereocenters. The molecule has 1 heterocycles. The van der Waals surface area contributed by atoms with Gasteiger partial charge in [-0.05, 0) is 41.6 Å². The number of piperazine rings is 1. The number of nitrogens with one attached hydrogen (secondary N) is 1. The lowest BCUT2D eigenvalue weighted by molar-refractivity contribution is -0.111. The summed E-state index contributed by atoms with van der Waals surface area (Å²) in [5.74, 6) is 0.520. The highest BCUT2D eigenvalue weighted by molar-refractivity contribution is 6.04. The summed E-state index contributed by atoms with van der Waals surface area (Å²) in [4.78, 5) is 17.3. The molecule has 1 aliphatic rings. The van der Waals surface area contributed by atoms with Crippen LogP contribution in [-0.2, 0) is 4.79 Å². The zero-order valence-electron chi connectivity index (χ0n) is 18.0. The first-order chi connectivity index (χ1) is 15.2. The fourth-order valence-corrected chi connectivity index (χ4v) is 3.79. The van der Waals surface area contributed by atoms with E-state index in [1.165, 1.54) is 0 Å². The van der Waals surface area contributed by atoms with Crippen LogP contribution in [-0.4, -0.2) is 62.1 Å². The van der Waals surface area contributed by atoms with Gasteiger partial charge in [0, 0.05) is 38.8 Å². The molecule has 0 spiro atoms. The van der Waals surface area contributed by atoms with Crippen molar-refractivity contribution in [3.63, 3.8) is 0 Å². The molecule has 31 heavy (non-hydrogen) atoms. The number of likely N-dealkylation sites (N-methyl/N-ethyl adjacent to an activating group) is 1. The van der Waals surface area contributed by atoms with Gasteiger partial charge in [0.1, 0.15) is 12.4 Å². The average molecular weight is 416 g/mol. The minimum atomic E-state index is -0.178. The molecule has 0 aliphatic carbocycles. The summed E-state index contributed by atoms with van der Waals surface area (Å²) in [5.41, 5.74) is 1.71. The predicted molar refractivity (Wildman–Crippen MR) is 127 cm³/mol. The quantitative estimate of drug-likeness (QED) is 0.590. The molecule has 0 unspecified atom stereocenters. The summed E-state index contributed by atoms with van der Waals surface area (Å²) in [7, 11) is 2.15. The number of benzene rings is 3. The Hall–Kier alpha value is -3.15. The molecule has 3 aromatic carbocycles. The van der Waals surface area contributed by atoms with E-state index in [0.29, 0.717) is 18.0 Å². The minimum Gasteiger partial charge on any atom is -0.490 e. The maximum Gasteiger partial charge on any atom is 0.248 e. The Kier molecular flexibility index (Phi) is 6.97. The standard InChI is InChI=1S/C26H29N3O2/c1-28-15-17-29(18-16-28)19-20-31-25-12-5-4-11-24(25)27-26(30)14-13-22-9-6-8-21-7-2-3-10-23(21)22/h2-14H,15-20H2,1H3,(H,27,30)/b14-13+. The van der Waals surface area contributed by atoms with E-state index in [9.17, 15) is 4.79 Å². The molecule has 160 valence electrons. The lowest BCUT2D eigenvalue weighted by atomic mass is 10.0. The normalized spacial score (nSPS) is 15.4. The van der Waals surface area contributed by atoms with E-state index in [1.807, 2.05) is 54.6 Å². The van der Waals surface area contributed by atoms with E-state index in [1.54, 1.807) is 6.08 Å². The number of ether oxygens (including phenoxy) is 1. The Morgan fingerprint density at radius 3 is 2.58 bits per heavy atom. The number of hydrogen-bond donors (Lipinski definition) is 1. The Labute approximate surface area is 183 Å². The van der Waals surface area contributed by atoms with Crippen LogP contribution in [0.1, 0.15) is 5.56 Å². The summed E-state index contributed by atoms with van der Waals surface area (Å²) in [5, 5.41) is 5.24. The number of hydrogen-bond acceptors (Lipinski definition) is 4. The van der Waals surface area contributed by atoms with Crippen LogP contribution < -0.4 is 10.1 Å². The van der Waals surface area contributed by atoms with Gasteiger partial charge in [-0.25, -0.2) is 0 Å². The third-order valence-corrected chi connectivity index (χ3v) is 5.64. The Balaban J connectivity index is 1.35. The second-order valence-electron chi connectivity index (χ2n) is 7.88. The fraction of sp³-hybridized carbons (Fsp3) is 0.269. The van der Waals surface area contributed by atoms with Gasteiger partial charge in [0.15, 0.2) is 0 Å². The van der Waals surface area contributed by atoms with Crippen molar-refractivity contribution in [2.24, 2.45) is 0 Å². The second kappa shape index (κ2) is 10.2. The Morgan fingerprint density at radius 1 is 0.968 bits per heavy atom. The molecule has 4 rings (SSSR count). The van der Waals surface area contributed by atoms with E-state index in [-0.39, 0.29) is 5.91 Å². The smallest absolute Gasteiger partial charge is 0.248 e. The molecular weight excluding hydrogens is 386 g/mol. The molecule has 3 aromatic rings. The lowest BCUT2D eigenvalue weighted by Crippen LogP contribution is -2.45. The highest BCUT2D eigenvalue weighted by Gasteiger charge is 2.13. The van der Waals surface area contributed by atoms with Crippen LogP contribution in [0.2, 0.25) is 0 Å². The van der Waals surface area contributed by atoms with Gasteiger partial charge >= 0.3 is 0 Å². The lowest BCUT2D eigenvalue weighted by Gasteiger charge is -2.32. The highest BCUT2D eigenvalue weighted by Crippen LogP contribution is 2.24. The van der Waals surface area contributed by atoms with E-state index in [0.717, 1.165) is 49.1 Å². The van der Waals surface area contributed by atoms with Gasteiger partial charge in [-0.1, -0.05) is 54.6 Å². The van der Waals surface area contributed by atoms with Gasteiger partial charge in [0.05, 0.1) is 5.69 Å². The number of carbonyl (C=O) groups is 1. The van der Waals surface area contributed by atoms with Gasteiger partial charge in [0.25, 0.3) is 0 Å². The molecule has 1 saturated heterocycles. The van der Waals surface area contributed by atoms with Crippen molar-refractivity contribution >= 4 is 28.4 Å². The topological polar surface area (TPSA) is 44.8 Å². The molecular formula is C26H29N3O2. The van der Waals surface area contributed by atoms with Crippen molar-refractivity contribution in [2.45, 2.75) is 0 Å². The molecule has 0 aromatic heterocycles. The van der Waals surface area contributed by atoms with Crippen molar-refractivity contribution in [3.8, 4) is 5.75 Å². The van der Waals surface area contributed by atoms with Gasteiger partial charge in [-0.2, -0.15) is 0 Å². The molecule has 0 radical (unpaired) electrons. The molecule has 0 bridgehead atoms. The first kappa shape index (κ1) is 21.1. The number of nitrogens with zero attached hydrogens (tertiary/aromatic N) is 2. The van der Waals surface area contributed by atoms with Crippen molar-refractivity contribution in [3.05, 3.63) is 78.4 Å². The Morgan fingerprint density at radius 2 is 1.71 bits per heavy atom. The van der Waals surface area contributed by atoms with Crippen LogP contribution in [0.15, 0.2) is 72.8 Å². The monoisotopic (exact) mass is 415 g/mol. The highest BCUT2D eigenvalue weighted by atomic mass is 16.5. The summed E-state index contributed by atoms with van der Waals surface area (Å²) in [6.07, 6.45) is 3.43. The number of rotatable bonds is 7. The predicted octanol–water partition coefficient (Wildman–Crippen LogP) is 4.12.